The van der Waals surface area contributed by atoms with E-state index in [1.165, 1.54) is 84.4 Å². The molecule has 1 heterocycles. The second-order valence-electron chi connectivity index (χ2n) is 6.94. The lowest BCUT2D eigenvalue weighted by atomic mass is 9.84. The largest absolute Gasteiger partial charge is 0.358 e. The van der Waals surface area contributed by atoms with Gasteiger partial charge in [-0.1, -0.05) is 51.9 Å². The van der Waals surface area contributed by atoms with Crippen LogP contribution in [0.1, 0.15) is 69.5 Å². The number of nitrogens with one attached hydrogen (secondary N) is 1. The number of H-pyrrole nitrogens is 1. The number of halogens is 1. The van der Waals surface area contributed by atoms with Crippen LogP contribution in [-0.4, -0.2) is 4.98 Å². The van der Waals surface area contributed by atoms with E-state index in [1.54, 1.807) is 5.56 Å². The number of hydrogen-bond acceptors (Lipinski definition) is 0. The summed E-state index contributed by atoms with van der Waals surface area (Å²) in [7, 11) is 0. The van der Waals surface area contributed by atoms with Crippen LogP contribution in [0.3, 0.4) is 0 Å². The van der Waals surface area contributed by atoms with Gasteiger partial charge in [0, 0.05) is 20.2 Å². The SMILES string of the molecule is CCCCCCCCC1CCc2c([nH]c3ccc(I)cc23)C1. The highest BCUT2D eigenvalue weighted by Gasteiger charge is 2.22. The number of unbranched alkanes of at least 4 members (excludes halogenated alkanes) is 5. The van der Waals surface area contributed by atoms with E-state index in [-0.39, 0.29) is 0 Å². The molecule has 1 atom stereocenters. The zero-order valence-corrected chi connectivity index (χ0v) is 15.9. The molecule has 3 rings (SSSR count). The third-order valence-electron chi connectivity index (χ3n) is 5.22. The highest BCUT2D eigenvalue weighted by atomic mass is 127. The van der Waals surface area contributed by atoms with Crippen LogP contribution in [-0.2, 0) is 12.8 Å². The third kappa shape index (κ3) is 3.87. The number of aromatic nitrogens is 1. The van der Waals surface area contributed by atoms with Crippen molar-refractivity contribution < 1.29 is 0 Å². The molecule has 0 saturated carbocycles. The maximum atomic E-state index is 3.69. The van der Waals surface area contributed by atoms with Crippen LogP contribution < -0.4 is 0 Å². The number of rotatable bonds is 7. The molecule has 0 amide bonds. The summed E-state index contributed by atoms with van der Waals surface area (Å²) in [4.78, 5) is 3.69. The minimum atomic E-state index is 0.908. The van der Waals surface area contributed by atoms with E-state index in [9.17, 15) is 0 Å². The summed E-state index contributed by atoms with van der Waals surface area (Å²) >= 11 is 2.42. The molecule has 0 radical (unpaired) electrons. The zero-order valence-electron chi connectivity index (χ0n) is 13.8. The molecule has 2 aromatic rings. The van der Waals surface area contributed by atoms with Crippen molar-refractivity contribution in [1.82, 2.24) is 4.98 Å². The van der Waals surface area contributed by atoms with Crippen LogP contribution in [0.15, 0.2) is 18.2 Å². The molecule has 1 nitrogen and oxygen atoms in total. The second-order valence-corrected chi connectivity index (χ2v) is 8.18. The van der Waals surface area contributed by atoms with E-state index >= 15 is 0 Å². The number of aromatic amines is 1. The Bertz CT molecular complexity index is 613. The topological polar surface area (TPSA) is 15.8 Å². The molecule has 120 valence electrons. The van der Waals surface area contributed by atoms with Crippen molar-refractivity contribution in [2.75, 3.05) is 0 Å². The fourth-order valence-corrected chi connectivity index (χ4v) is 4.43. The van der Waals surface area contributed by atoms with Crippen molar-refractivity contribution in [2.45, 2.75) is 71.1 Å². The monoisotopic (exact) mass is 409 g/mol. The molecule has 1 aliphatic rings. The first-order chi connectivity index (χ1) is 10.8. The van der Waals surface area contributed by atoms with E-state index in [0.717, 1.165) is 5.92 Å². The van der Waals surface area contributed by atoms with Gasteiger partial charge in [0.1, 0.15) is 0 Å². The molecule has 0 saturated heterocycles. The molecule has 22 heavy (non-hydrogen) atoms. The Hall–Kier alpha value is -0.510. The third-order valence-corrected chi connectivity index (χ3v) is 5.89. The Morgan fingerprint density at radius 1 is 1.14 bits per heavy atom. The van der Waals surface area contributed by atoms with Gasteiger partial charge in [-0.25, -0.2) is 0 Å². The normalized spacial score (nSPS) is 17.8. The number of hydrogen-bond donors (Lipinski definition) is 1. The van der Waals surface area contributed by atoms with Gasteiger partial charge in [-0.15, -0.1) is 0 Å². The fraction of sp³-hybridized carbons (Fsp3) is 0.600. The van der Waals surface area contributed by atoms with Gasteiger partial charge >= 0.3 is 0 Å². The van der Waals surface area contributed by atoms with E-state index < -0.39 is 0 Å². The lowest BCUT2D eigenvalue weighted by molar-refractivity contribution is 0.402. The molecule has 2 heteroatoms. The highest BCUT2D eigenvalue weighted by molar-refractivity contribution is 14.1. The smallest absolute Gasteiger partial charge is 0.0459 e. The van der Waals surface area contributed by atoms with Gasteiger partial charge in [-0.3, -0.25) is 0 Å². The van der Waals surface area contributed by atoms with Crippen LogP contribution in [0.4, 0.5) is 0 Å². The molecule has 0 bridgehead atoms. The second kappa shape index (κ2) is 7.85. The zero-order chi connectivity index (χ0) is 15.4. The van der Waals surface area contributed by atoms with Gasteiger partial charge in [-0.2, -0.15) is 0 Å². The number of aryl methyl sites for hydroxylation is 1. The summed E-state index contributed by atoms with van der Waals surface area (Å²) in [6, 6.07) is 6.80. The van der Waals surface area contributed by atoms with Gasteiger partial charge in [0.15, 0.2) is 0 Å². The van der Waals surface area contributed by atoms with E-state index in [4.69, 9.17) is 0 Å². The van der Waals surface area contributed by atoms with Crippen molar-refractivity contribution in [1.29, 1.82) is 0 Å². The Morgan fingerprint density at radius 2 is 1.95 bits per heavy atom. The van der Waals surface area contributed by atoms with Crippen LogP contribution in [0.2, 0.25) is 0 Å². The summed E-state index contributed by atoms with van der Waals surface area (Å²) in [5.74, 6) is 0.908. The van der Waals surface area contributed by atoms with Crippen molar-refractivity contribution in [3.63, 3.8) is 0 Å². The predicted molar refractivity (Wildman–Crippen MR) is 105 cm³/mol. The Balaban J connectivity index is 1.54. The Kier molecular flexibility index (Phi) is 5.83. The van der Waals surface area contributed by atoms with Crippen LogP contribution in [0.5, 0.6) is 0 Å². The van der Waals surface area contributed by atoms with Crippen molar-refractivity contribution in [2.24, 2.45) is 5.92 Å². The van der Waals surface area contributed by atoms with Crippen LogP contribution in [0, 0.1) is 9.49 Å². The summed E-state index contributed by atoms with van der Waals surface area (Å²) in [6.07, 6.45) is 13.9. The Morgan fingerprint density at radius 3 is 2.82 bits per heavy atom. The van der Waals surface area contributed by atoms with Crippen molar-refractivity contribution in [3.8, 4) is 0 Å². The number of benzene rings is 1. The first kappa shape index (κ1) is 16.4. The average molecular weight is 409 g/mol. The molecule has 1 unspecified atom stereocenters. The van der Waals surface area contributed by atoms with Gasteiger partial charge in [0.05, 0.1) is 0 Å². The molecule has 1 aromatic heterocycles. The lowest BCUT2D eigenvalue weighted by Gasteiger charge is -2.22. The number of fused-ring (bicyclic) bond motifs is 3. The molecular formula is C20H28IN. The van der Waals surface area contributed by atoms with Gasteiger partial charge < -0.3 is 4.98 Å². The van der Waals surface area contributed by atoms with Gasteiger partial charge in [0.25, 0.3) is 0 Å². The van der Waals surface area contributed by atoms with E-state index in [2.05, 4.69) is 52.7 Å². The minimum absolute atomic E-state index is 0.908. The molecule has 0 aliphatic heterocycles. The van der Waals surface area contributed by atoms with E-state index in [1.807, 2.05) is 0 Å². The van der Waals surface area contributed by atoms with Crippen molar-refractivity contribution >= 4 is 33.5 Å². The van der Waals surface area contributed by atoms with Gasteiger partial charge in [-0.05, 0) is 71.5 Å². The molecule has 1 aromatic carbocycles. The highest BCUT2D eigenvalue weighted by Crippen LogP contribution is 2.34. The minimum Gasteiger partial charge on any atom is -0.358 e. The standard InChI is InChI=1S/C20H28IN/c1-2-3-4-5-6-7-8-15-9-11-17-18-14-16(21)10-12-19(18)22-20(17)13-15/h10,12,14-15,22H,2-9,11,13H2,1H3. The molecule has 0 spiro atoms. The fourth-order valence-electron chi connectivity index (χ4n) is 3.93. The van der Waals surface area contributed by atoms with Crippen molar-refractivity contribution in [3.05, 3.63) is 33.0 Å². The predicted octanol–water partition coefficient (Wildman–Crippen LogP) is 6.63. The van der Waals surface area contributed by atoms with Gasteiger partial charge in [0.2, 0.25) is 0 Å². The molecular weight excluding hydrogens is 381 g/mol. The Labute approximate surface area is 148 Å². The maximum Gasteiger partial charge on any atom is 0.0459 e. The summed E-state index contributed by atoms with van der Waals surface area (Å²) < 4.78 is 1.35. The average Bonchev–Trinajstić information content (AvgIpc) is 2.88. The summed E-state index contributed by atoms with van der Waals surface area (Å²) in [5, 5.41) is 1.47. The first-order valence-electron chi connectivity index (χ1n) is 9.07. The van der Waals surface area contributed by atoms with Crippen LogP contribution >= 0.6 is 22.6 Å². The molecule has 1 aliphatic carbocycles. The summed E-state index contributed by atoms with van der Waals surface area (Å²) in [6.45, 7) is 2.29. The molecule has 1 N–H and O–H groups in total. The molecule has 0 fully saturated rings. The van der Waals surface area contributed by atoms with E-state index in [0.29, 0.717) is 0 Å². The first-order valence-corrected chi connectivity index (χ1v) is 10.1. The quantitative estimate of drug-likeness (QED) is 0.390. The summed E-state index contributed by atoms with van der Waals surface area (Å²) in [5.41, 5.74) is 4.47. The lowest BCUT2D eigenvalue weighted by Crippen LogP contribution is -2.13. The maximum absolute atomic E-state index is 3.69. The van der Waals surface area contributed by atoms with Crippen LogP contribution in [0.25, 0.3) is 10.9 Å².